The highest BCUT2D eigenvalue weighted by Gasteiger charge is 2.40. The van der Waals surface area contributed by atoms with Gasteiger partial charge in [0.15, 0.2) is 0 Å². The minimum Gasteiger partial charge on any atom is -0.309 e. The van der Waals surface area contributed by atoms with Gasteiger partial charge in [-0.25, -0.2) is 0 Å². The maximum absolute atomic E-state index is 2.54. The third-order valence-corrected chi connectivity index (χ3v) is 13.4. The van der Waals surface area contributed by atoms with Crippen LogP contribution in [0.15, 0.2) is 170 Å². The molecule has 0 unspecified atom stereocenters. The van der Waals surface area contributed by atoms with Crippen LogP contribution in [0, 0.1) is 0 Å². The highest BCUT2D eigenvalue weighted by molar-refractivity contribution is 7.03. The first kappa shape index (κ1) is 27.6. The van der Waals surface area contributed by atoms with Gasteiger partial charge in [0.25, 0.3) is 0 Å². The zero-order valence-electron chi connectivity index (χ0n) is 26.6. The molecule has 0 saturated heterocycles. The summed E-state index contributed by atoms with van der Waals surface area (Å²) in [5.74, 6) is 0. The fraction of sp³-hybridized carbons (Fsp3) is 0.0455. The van der Waals surface area contributed by atoms with Crippen molar-refractivity contribution in [2.45, 2.75) is 13.1 Å². The number of anilines is 3. The number of rotatable bonds is 4. The van der Waals surface area contributed by atoms with Crippen LogP contribution < -0.4 is 15.3 Å². The van der Waals surface area contributed by atoms with Crippen LogP contribution in [0.3, 0.4) is 0 Å². The molecular weight excluding hydrogens is 585 g/mol. The van der Waals surface area contributed by atoms with Crippen LogP contribution in [-0.4, -0.2) is 12.6 Å². The largest absolute Gasteiger partial charge is 0.309 e. The Morgan fingerprint density at radius 3 is 1.68 bits per heavy atom. The lowest BCUT2D eigenvalue weighted by molar-refractivity contribution is 1.17. The first-order chi connectivity index (χ1) is 23.1. The normalized spacial score (nSPS) is 13.4. The molecule has 0 radical (unpaired) electrons. The summed E-state index contributed by atoms with van der Waals surface area (Å²) in [6.07, 6.45) is 0. The summed E-state index contributed by atoms with van der Waals surface area (Å²) in [6, 6.07) is 62.3. The van der Waals surface area contributed by atoms with E-state index in [0.717, 1.165) is 5.69 Å². The maximum atomic E-state index is 2.54. The summed E-state index contributed by atoms with van der Waals surface area (Å²) in [6.45, 7) is 5.02. The van der Waals surface area contributed by atoms with Gasteiger partial charge in [0.05, 0.1) is 16.7 Å². The van der Waals surface area contributed by atoms with Gasteiger partial charge in [0.2, 0.25) is 0 Å². The summed E-state index contributed by atoms with van der Waals surface area (Å²) < 4.78 is 2.54. The van der Waals surface area contributed by atoms with Crippen molar-refractivity contribution in [2.75, 3.05) is 4.90 Å². The van der Waals surface area contributed by atoms with Crippen molar-refractivity contribution in [3.63, 3.8) is 0 Å². The highest BCUT2D eigenvalue weighted by Crippen LogP contribution is 2.46. The van der Waals surface area contributed by atoms with Crippen molar-refractivity contribution in [1.29, 1.82) is 0 Å². The van der Waals surface area contributed by atoms with E-state index in [0.29, 0.717) is 0 Å². The second kappa shape index (κ2) is 10.7. The molecule has 9 rings (SSSR count). The van der Waals surface area contributed by atoms with Gasteiger partial charge in [-0.05, 0) is 75.1 Å². The predicted octanol–water partition coefficient (Wildman–Crippen LogP) is 10.7. The van der Waals surface area contributed by atoms with Gasteiger partial charge < -0.3 is 9.47 Å². The summed E-state index contributed by atoms with van der Waals surface area (Å²) >= 11 is 0. The van der Waals surface area contributed by atoms with Gasteiger partial charge in [-0.15, -0.1) is 0 Å². The van der Waals surface area contributed by atoms with Gasteiger partial charge in [-0.3, -0.25) is 0 Å². The number of fused-ring (bicyclic) bond motifs is 6. The van der Waals surface area contributed by atoms with Crippen molar-refractivity contribution in [3.05, 3.63) is 170 Å². The standard InChI is InChI=1S/C44H34N2Si/c1-47(2)41-25-15-14-24-40(41)45(35-20-10-5-11-21-35)44-42(47)27-26-38-37-22-12-13-23-39(37)46(43(38)44)36-29-33(31-16-6-3-7-17-31)28-34(30-36)32-18-8-4-9-19-32/h3-30H,1-2H3. The predicted molar refractivity (Wildman–Crippen MR) is 203 cm³/mol. The molecule has 0 atom stereocenters. The molecular formula is C44H34N2Si. The molecule has 0 aliphatic carbocycles. The average Bonchev–Trinajstić information content (AvgIpc) is 3.48. The molecule has 3 heteroatoms. The van der Waals surface area contributed by atoms with Crippen LogP contribution in [0.4, 0.5) is 17.1 Å². The monoisotopic (exact) mass is 618 g/mol. The minimum absolute atomic E-state index is 1.16. The molecule has 0 N–H and O–H groups in total. The molecule has 0 bridgehead atoms. The van der Waals surface area contributed by atoms with Crippen molar-refractivity contribution >= 4 is 57.3 Å². The summed E-state index contributed by atoms with van der Waals surface area (Å²) in [5, 5.41) is 5.47. The van der Waals surface area contributed by atoms with E-state index in [2.05, 4.69) is 192 Å². The number of para-hydroxylation sites is 3. The van der Waals surface area contributed by atoms with Crippen LogP contribution in [0.2, 0.25) is 13.1 Å². The lowest BCUT2D eigenvalue weighted by Gasteiger charge is -2.41. The molecule has 1 aromatic heterocycles. The first-order valence-corrected chi connectivity index (χ1v) is 19.4. The lowest BCUT2D eigenvalue weighted by Crippen LogP contribution is -2.58. The van der Waals surface area contributed by atoms with Crippen molar-refractivity contribution < 1.29 is 0 Å². The Morgan fingerprint density at radius 1 is 0.426 bits per heavy atom. The van der Waals surface area contributed by atoms with Crippen LogP contribution in [-0.2, 0) is 0 Å². The third kappa shape index (κ3) is 4.31. The lowest BCUT2D eigenvalue weighted by atomic mass is 9.98. The molecule has 2 nitrogen and oxygen atoms in total. The summed E-state index contributed by atoms with van der Waals surface area (Å²) in [7, 11) is -2.08. The SMILES string of the molecule is C[Si]1(C)c2ccccc2N(c2ccccc2)c2c1ccc1c3ccccc3n(-c3cc(-c4ccccc4)cc(-c4ccccc4)c3)c21. The highest BCUT2D eigenvalue weighted by atomic mass is 28.3. The number of benzene rings is 7. The Bertz CT molecular complexity index is 2370. The number of hydrogen-bond donors (Lipinski definition) is 0. The second-order valence-electron chi connectivity index (χ2n) is 13.0. The van der Waals surface area contributed by atoms with Crippen molar-refractivity contribution in [3.8, 4) is 27.9 Å². The topological polar surface area (TPSA) is 8.17 Å². The molecule has 7 aromatic carbocycles. The fourth-order valence-electron chi connectivity index (χ4n) is 7.68. The summed E-state index contributed by atoms with van der Waals surface area (Å²) in [5.41, 5.74) is 12.2. The molecule has 1 aliphatic heterocycles. The summed E-state index contributed by atoms with van der Waals surface area (Å²) in [4.78, 5) is 2.53. The maximum Gasteiger partial charge on any atom is 0.117 e. The van der Waals surface area contributed by atoms with Gasteiger partial charge in [-0.2, -0.15) is 0 Å². The minimum atomic E-state index is -2.08. The van der Waals surface area contributed by atoms with Gasteiger partial charge in [0.1, 0.15) is 8.07 Å². The molecule has 8 aromatic rings. The van der Waals surface area contributed by atoms with Crippen molar-refractivity contribution in [1.82, 2.24) is 4.57 Å². The Labute approximate surface area is 276 Å². The molecule has 0 spiro atoms. The van der Waals surface area contributed by atoms with Gasteiger partial charge in [-0.1, -0.05) is 140 Å². The average molecular weight is 619 g/mol. The number of hydrogen-bond acceptors (Lipinski definition) is 1. The van der Waals surface area contributed by atoms with Gasteiger partial charge >= 0.3 is 0 Å². The molecule has 224 valence electrons. The van der Waals surface area contributed by atoms with E-state index in [4.69, 9.17) is 0 Å². The van der Waals surface area contributed by atoms with E-state index < -0.39 is 8.07 Å². The smallest absolute Gasteiger partial charge is 0.117 e. The van der Waals surface area contributed by atoms with E-state index in [1.54, 1.807) is 0 Å². The van der Waals surface area contributed by atoms with Crippen molar-refractivity contribution in [2.24, 2.45) is 0 Å². The van der Waals surface area contributed by atoms with E-state index in [9.17, 15) is 0 Å². The molecule has 0 amide bonds. The van der Waals surface area contributed by atoms with E-state index in [1.807, 2.05) is 0 Å². The third-order valence-electron chi connectivity index (χ3n) is 9.93. The Hall–Kier alpha value is -5.64. The van der Waals surface area contributed by atoms with Gasteiger partial charge in [0, 0.05) is 27.8 Å². The van der Waals surface area contributed by atoms with E-state index in [1.165, 1.54) is 71.5 Å². The molecule has 1 aliphatic rings. The Kier molecular flexibility index (Phi) is 6.31. The fourth-order valence-corrected chi connectivity index (χ4v) is 10.6. The molecule has 2 heterocycles. The molecule has 47 heavy (non-hydrogen) atoms. The first-order valence-electron chi connectivity index (χ1n) is 16.4. The Morgan fingerprint density at radius 2 is 1.00 bits per heavy atom. The molecule has 0 saturated carbocycles. The second-order valence-corrected chi connectivity index (χ2v) is 17.4. The van der Waals surface area contributed by atoms with E-state index >= 15 is 0 Å². The van der Waals surface area contributed by atoms with Crippen LogP contribution in [0.1, 0.15) is 0 Å². The van der Waals surface area contributed by atoms with Crippen LogP contribution in [0.5, 0.6) is 0 Å². The number of nitrogens with zero attached hydrogens (tertiary/aromatic N) is 2. The van der Waals surface area contributed by atoms with Crippen LogP contribution in [0.25, 0.3) is 49.7 Å². The Balaban J connectivity index is 1.44. The zero-order valence-corrected chi connectivity index (χ0v) is 27.6. The quantitative estimate of drug-likeness (QED) is 0.178. The van der Waals surface area contributed by atoms with E-state index in [-0.39, 0.29) is 0 Å². The number of aromatic nitrogens is 1. The molecule has 0 fully saturated rings. The van der Waals surface area contributed by atoms with Crippen LogP contribution >= 0.6 is 0 Å². The zero-order chi connectivity index (χ0) is 31.5.